The summed E-state index contributed by atoms with van der Waals surface area (Å²) in [6.07, 6.45) is 0. The van der Waals surface area contributed by atoms with E-state index in [1.165, 1.54) is 14.2 Å². The first-order chi connectivity index (χ1) is 14.3. The lowest BCUT2D eigenvalue weighted by atomic mass is 10.1. The lowest BCUT2D eigenvalue weighted by Crippen LogP contribution is -2.13. The van der Waals surface area contributed by atoms with Gasteiger partial charge in [0.25, 0.3) is 23.2 Å². The van der Waals surface area contributed by atoms with E-state index < -0.39 is 27.1 Å². The van der Waals surface area contributed by atoms with Crippen molar-refractivity contribution in [2.24, 2.45) is 0 Å². The highest BCUT2D eigenvalue weighted by atomic mass is 16.6. The Hall–Kier alpha value is -4.55. The number of amides is 1. The maximum absolute atomic E-state index is 12.4. The summed E-state index contributed by atoms with van der Waals surface area (Å²) in [5.41, 5.74) is -1.11. The number of nitro benzene ring substituents is 2. The number of anilines is 1. The van der Waals surface area contributed by atoms with E-state index in [9.17, 15) is 25.0 Å². The maximum atomic E-state index is 12.4. The van der Waals surface area contributed by atoms with Crippen LogP contribution in [-0.4, -0.2) is 40.2 Å². The summed E-state index contributed by atoms with van der Waals surface area (Å²) in [5, 5.41) is 31.7. The van der Waals surface area contributed by atoms with Gasteiger partial charge in [0.1, 0.15) is 11.5 Å². The summed E-state index contributed by atoms with van der Waals surface area (Å²) in [4.78, 5) is 32.6. The van der Waals surface area contributed by atoms with E-state index in [1.54, 1.807) is 18.2 Å². The van der Waals surface area contributed by atoms with Crippen molar-refractivity contribution in [1.29, 1.82) is 0 Å². The lowest BCUT2D eigenvalue weighted by Gasteiger charge is -2.07. The van der Waals surface area contributed by atoms with Crippen molar-refractivity contribution in [2.45, 2.75) is 0 Å². The first kappa shape index (κ1) is 20.2. The molecule has 13 nitrogen and oxygen atoms in total. The van der Waals surface area contributed by atoms with Crippen molar-refractivity contribution in [3.8, 4) is 23.0 Å². The van der Waals surface area contributed by atoms with Gasteiger partial charge in [-0.15, -0.1) is 5.10 Å². The third kappa shape index (κ3) is 4.14. The molecule has 3 aromatic rings. The highest BCUT2D eigenvalue weighted by Crippen LogP contribution is 2.33. The van der Waals surface area contributed by atoms with Crippen LogP contribution in [-0.2, 0) is 0 Å². The molecule has 1 N–H and O–H groups in total. The molecule has 0 saturated heterocycles. The molecule has 0 fully saturated rings. The normalized spacial score (nSPS) is 10.3. The number of nitrogens with zero attached hydrogens (tertiary/aromatic N) is 4. The van der Waals surface area contributed by atoms with Crippen LogP contribution in [0.25, 0.3) is 11.5 Å². The molecule has 1 amide bonds. The highest BCUT2D eigenvalue weighted by Gasteiger charge is 2.22. The molecule has 0 aliphatic carbocycles. The van der Waals surface area contributed by atoms with Crippen LogP contribution in [0.3, 0.4) is 0 Å². The fraction of sp³-hybridized carbons (Fsp3) is 0.118. The van der Waals surface area contributed by atoms with Crippen LogP contribution in [0.2, 0.25) is 0 Å². The number of methoxy groups -OCH3 is 2. The minimum atomic E-state index is -0.904. The van der Waals surface area contributed by atoms with Gasteiger partial charge in [0.2, 0.25) is 0 Å². The van der Waals surface area contributed by atoms with Gasteiger partial charge in [-0.2, -0.15) is 0 Å². The van der Waals surface area contributed by atoms with Crippen molar-refractivity contribution >= 4 is 23.3 Å². The van der Waals surface area contributed by atoms with E-state index in [2.05, 4.69) is 15.5 Å². The average Bonchev–Trinajstić information content (AvgIpc) is 3.20. The largest absolute Gasteiger partial charge is 0.497 e. The van der Waals surface area contributed by atoms with Gasteiger partial charge in [-0.3, -0.25) is 30.3 Å². The van der Waals surface area contributed by atoms with Gasteiger partial charge in [-0.25, -0.2) is 0 Å². The van der Waals surface area contributed by atoms with E-state index >= 15 is 0 Å². The molecule has 0 radical (unpaired) electrons. The Morgan fingerprint density at radius 2 is 1.67 bits per heavy atom. The number of ether oxygens (including phenoxy) is 2. The monoisotopic (exact) mass is 415 g/mol. The molecular weight excluding hydrogens is 402 g/mol. The minimum absolute atomic E-state index is 0.0230. The number of nitro groups is 2. The Bertz CT molecular complexity index is 1110. The predicted octanol–water partition coefficient (Wildman–Crippen LogP) is 2.82. The first-order valence-corrected chi connectivity index (χ1v) is 8.13. The third-order valence-electron chi connectivity index (χ3n) is 3.87. The number of hydrogen-bond donors (Lipinski definition) is 1. The van der Waals surface area contributed by atoms with Crippen LogP contribution in [0.4, 0.5) is 17.4 Å². The Balaban J connectivity index is 1.87. The van der Waals surface area contributed by atoms with Gasteiger partial charge in [0.15, 0.2) is 0 Å². The van der Waals surface area contributed by atoms with Crippen LogP contribution in [0, 0.1) is 20.2 Å². The number of rotatable bonds is 7. The van der Waals surface area contributed by atoms with Gasteiger partial charge >= 0.3 is 6.01 Å². The number of carbonyl (C=O) groups is 1. The van der Waals surface area contributed by atoms with Crippen LogP contribution in [0.15, 0.2) is 40.8 Å². The summed E-state index contributed by atoms with van der Waals surface area (Å²) < 4.78 is 15.7. The molecule has 30 heavy (non-hydrogen) atoms. The van der Waals surface area contributed by atoms with Gasteiger partial charge in [-0.1, -0.05) is 5.10 Å². The Labute approximate surface area is 167 Å². The molecule has 13 heteroatoms. The molecule has 0 unspecified atom stereocenters. The van der Waals surface area contributed by atoms with Crippen molar-refractivity contribution in [1.82, 2.24) is 10.2 Å². The predicted molar refractivity (Wildman–Crippen MR) is 101 cm³/mol. The molecule has 154 valence electrons. The van der Waals surface area contributed by atoms with Crippen molar-refractivity contribution in [3.63, 3.8) is 0 Å². The Morgan fingerprint density at radius 1 is 1.00 bits per heavy atom. The smallest absolute Gasteiger partial charge is 0.322 e. The first-order valence-electron chi connectivity index (χ1n) is 8.13. The van der Waals surface area contributed by atoms with E-state index in [0.717, 1.165) is 18.2 Å². The molecule has 0 spiro atoms. The lowest BCUT2D eigenvalue weighted by molar-refractivity contribution is -0.394. The average molecular weight is 415 g/mol. The molecule has 1 aromatic heterocycles. The van der Waals surface area contributed by atoms with Crippen LogP contribution < -0.4 is 14.8 Å². The summed E-state index contributed by atoms with van der Waals surface area (Å²) in [7, 11) is 2.93. The number of hydrogen-bond acceptors (Lipinski definition) is 10. The fourth-order valence-corrected chi connectivity index (χ4v) is 2.46. The quantitative estimate of drug-likeness (QED) is 0.446. The second-order valence-corrected chi connectivity index (χ2v) is 5.69. The molecule has 0 bridgehead atoms. The zero-order valence-corrected chi connectivity index (χ0v) is 15.5. The Morgan fingerprint density at radius 3 is 2.23 bits per heavy atom. The molecule has 2 aromatic carbocycles. The van der Waals surface area contributed by atoms with Gasteiger partial charge in [-0.05, 0) is 12.1 Å². The van der Waals surface area contributed by atoms with Crippen molar-refractivity contribution < 1.29 is 28.5 Å². The number of carbonyl (C=O) groups excluding carboxylic acids is 1. The number of non-ortho nitro benzene ring substituents is 2. The van der Waals surface area contributed by atoms with Crippen LogP contribution >= 0.6 is 0 Å². The molecule has 0 atom stereocenters. The van der Waals surface area contributed by atoms with Crippen molar-refractivity contribution in [2.75, 3.05) is 19.5 Å². The topological polar surface area (TPSA) is 173 Å². The molecule has 0 aliphatic heterocycles. The molecule has 3 rings (SSSR count). The molecule has 0 saturated carbocycles. The summed E-state index contributed by atoms with van der Waals surface area (Å²) in [6.45, 7) is 0. The maximum Gasteiger partial charge on any atom is 0.322 e. The minimum Gasteiger partial charge on any atom is -0.497 e. The van der Waals surface area contributed by atoms with Crippen LogP contribution in [0.5, 0.6) is 11.5 Å². The Kier molecular flexibility index (Phi) is 5.53. The summed E-state index contributed by atoms with van der Waals surface area (Å²) >= 11 is 0. The summed E-state index contributed by atoms with van der Waals surface area (Å²) in [6, 6.07) is 7.07. The highest BCUT2D eigenvalue weighted by molar-refractivity contribution is 6.04. The zero-order chi connectivity index (χ0) is 21.8. The van der Waals surface area contributed by atoms with Gasteiger partial charge < -0.3 is 13.9 Å². The number of aromatic nitrogens is 2. The van der Waals surface area contributed by atoms with Crippen molar-refractivity contribution in [3.05, 3.63) is 62.2 Å². The fourth-order valence-electron chi connectivity index (χ4n) is 2.46. The van der Waals surface area contributed by atoms with Gasteiger partial charge in [0.05, 0.1) is 41.3 Å². The third-order valence-corrected chi connectivity index (χ3v) is 3.87. The molecule has 1 heterocycles. The van der Waals surface area contributed by atoms with Gasteiger partial charge in [0, 0.05) is 18.2 Å². The van der Waals surface area contributed by atoms with Crippen LogP contribution in [0.1, 0.15) is 10.4 Å². The van der Waals surface area contributed by atoms with E-state index in [4.69, 9.17) is 13.9 Å². The molecular formula is C17H13N5O8. The standard InChI is InChI=1S/C17H13N5O8/c1-28-12-3-4-13(14(8-12)29-2)16-19-20-17(30-16)18-15(23)9-5-10(21(24)25)7-11(6-9)22(26)27/h3-8H,1-2H3,(H,18,20,23). The number of nitrogens with one attached hydrogen (secondary N) is 1. The van der Waals surface area contributed by atoms with E-state index in [1.807, 2.05) is 0 Å². The summed E-state index contributed by atoms with van der Waals surface area (Å²) in [5.74, 6) is 0.0367. The zero-order valence-electron chi connectivity index (χ0n) is 15.5. The number of benzene rings is 2. The van der Waals surface area contributed by atoms with E-state index in [-0.39, 0.29) is 17.5 Å². The second-order valence-electron chi connectivity index (χ2n) is 5.69. The second kappa shape index (κ2) is 8.22. The van der Waals surface area contributed by atoms with E-state index in [0.29, 0.717) is 17.1 Å². The SMILES string of the molecule is COc1ccc(-c2nnc(NC(=O)c3cc([N+](=O)[O-])cc([N+](=O)[O-])c3)o2)c(OC)c1. The molecule has 0 aliphatic rings.